The van der Waals surface area contributed by atoms with E-state index >= 15 is 0 Å². The van der Waals surface area contributed by atoms with Gasteiger partial charge >= 0.3 is 0 Å². The van der Waals surface area contributed by atoms with E-state index in [2.05, 4.69) is 20.0 Å². The van der Waals surface area contributed by atoms with Crippen molar-refractivity contribution in [3.05, 3.63) is 12.0 Å². The fourth-order valence-electron chi connectivity index (χ4n) is 2.89. The number of hydrogen-bond acceptors (Lipinski definition) is 6. The van der Waals surface area contributed by atoms with Gasteiger partial charge in [-0.05, 0) is 26.3 Å². The number of piperidine rings is 1. The van der Waals surface area contributed by atoms with Gasteiger partial charge in [-0.25, -0.2) is 9.97 Å². The van der Waals surface area contributed by atoms with Crippen LogP contribution in [0.15, 0.2) is 6.20 Å². The maximum atomic E-state index is 6.00. The van der Waals surface area contributed by atoms with Crippen LogP contribution in [0.5, 0.6) is 0 Å². The van der Waals surface area contributed by atoms with Crippen LogP contribution in [0.25, 0.3) is 11.0 Å². The standard InChI is InChI=1S/C14H22N6O/c1-3-21-10-5-4-6-20(8-10)9-12-17-13(15)11-7-16-19(2)14(11)18-12/h7,10H,3-6,8-9H2,1-2H3,(H2,15,17,18). The summed E-state index contributed by atoms with van der Waals surface area (Å²) in [5.41, 5.74) is 6.79. The monoisotopic (exact) mass is 290 g/mol. The molecule has 0 bridgehead atoms. The number of anilines is 1. The molecule has 0 saturated carbocycles. The summed E-state index contributed by atoms with van der Waals surface area (Å²) >= 11 is 0. The van der Waals surface area contributed by atoms with Gasteiger partial charge < -0.3 is 10.5 Å². The van der Waals surface area contributed by atoms with Gasteiger partial charge in [-0.1, -0.05) is 0 Å². The first-order valence-electron chi connectivity index (χ1n) is 7.45. The lowest BCUT2D eigenvalue weighted by Crippen LogP contribution is -2.39. The smallest absolute Gasteiger partial charge is 0.163 e. The molecular formula is C14H22N6O. The van der Waals surface area contributed by atoms with Crippen LogP contribution in [0.2, 0.25) is 0 Å². The van der Waals surface area contributed by atoms with Gasteiger partial charge in [-0.3, -0.25) is 9.58 Å². The number of aromatic nitrogens is 4. The molecular weight excluding hydrogens is 268 g/mol. The van der Waals surface area contributed by atoms with E-state index in [4.69, 9.17) is 10.5 Å². The van der Waals surface area contributed by atoms with Crippen LogP contribution in [0.3, 0.4) is 0 Å². The molecule has 3 heterocycles. The average Bonchev–Trinajstić information content (AvgIpc) is 2.82. The fraction of sp³-hybridized carbons (Fsp3) is 0.643. The third-order valence-corrected chi connectivity index (χ3v) is 3.90. The van der Waals surface area contributed by atoms with Crippen molar-refractivity contribution in [2.24, 2.45) is 7.05 Å². The molecule has 2 N–H and O–H groups in total. The molecule has 1 saturated heterocycles. The van der Waals surface area contributed by atoms with Gasteiger partial charge in [0.1, 0.15) is 11.6 Å². The molecule has 1 atom stereocenters. The Bertz CT molecular complexity index is 623. The van der Waals surface area contributed by atoms with Crippen molar-refractivity contribution in [2.45, 2.75) is 32.4 Å². The van der Waals surface area contributed by atoms with Gasteiger partial charge in [0.25, 0.3) is 0 Å². The van der Waals surface area contributed by atoms with Gasteiger partial charge in [-0.2, -0.15) is 5.10 Å². The zero-order chi connectivity index (χ0) is 14.8. The number of likely N-dealkylation sites (tertiary alicyclic amines) is 1. The van der Waals surface area contributed by atoms with Crippen molar-refractivity contribution in [3.8, 4) is 0 Å². The molecule has 0 aliphatic carbocycles. The molecule has 1 aliphatic rings. The van der Waals surface area contributed by atoms with Crippen molar-refractivity contribution in [2.75, 3.05) is 25.4 Å². The number of hydrogen-bond donors (Lipinski definition) is 1. The number of ether oxygens (including phenoxy) is 1. The van der Waals surface area contributed by atoms with E-state index in [9.17, 15) is 0 Å². The van der Waals surface area contributed by atoms with E-state index in [0.717, 1.165) is 49.4 Å². The Balaban J connectivity index is 1.76. The molecule has 0 radical (unpaired) electrons. The minimum Gasteiger partial charge on any atom is -0.383 e. The van der Waals surface area contributed by atoms with Crippen molar-refractivity contribution in [1.29, 1.82) is 0 Å². The van der Waals surface area contributed by atoms with Gasteiger partial charge in [0.15, 0.2) is 5.65 Å². The van der Waals surface area contributed by atoms with Gasteiger partial charge in [-0.15, -0.1) is 0 Å². The average molecular weight is 290 g/mol. The Hall–Kier alpha value is -1.73. The van der Waals surface area contributed by atoms with E-state index in [1.165, 1.54) is 0 Å². The molecule has 2 aromatic heterocycles. The van der Waals surface area contributed by atoms with Crippen molar-refractivity contribution < 1.29 is 4.74 Å². The van der Waals surface area contributed by atoms with Crippen LogP contribution in [0.1, 0.15) is 25.6 Å². The van der Waals surface area contributed by atoms with Gasteiger partial charge in [0, 0.05) is 20.2 Å². The Morgan fingerprint density at radius 3 is 3.10 bits per heavy atom. The molecule has 3 rings (SSSR count). The third-order valence-electron chi connectivity index (χ3n) is 3.90. The first kappa shape index (κ1) is 14.2. The van der Waals surface area contributed by atoms with Crippen molar-refractivity contribution in [3.63, 3.8) is 0 Å². The molecule has 0 amide bonds. The molecule has 1 unspecified atom stereocenters. The predicted molar refractivity (Wildman–Crippen MR) is 80.6 cm³/mol. The fourth-order valence-corrected chi connectivity index (χ4v) is 2.89. The van der Waals surface area contributed by atoms with Crippen LogP contribution in [0.4, 0.5) is 5.82 Å². The largest absolute Gasteiger partial charge is 0.383 e. The Morgan fingerprint density at radius 2 is 2.29 bits per heavy atom. The first-order valence-corrected chi connectivity index (χ1v) is 7.45. The number of aryl methyl sites for hydroxylation is 1. The molecule has 7 nitrogen and oxygen atoms in total. The number of rotatable bonds is 4. The zero-order valence-electron chi connectivity index (χ0n) is 12.6. The van der Waals surface area contributed by atoms with Crippen LogP contribution < -0.4 is 5.73 Å². The second-order valence-corrected chi connectivity index (χ2v) is 5.49. The molecule has 7 heteroatoms. The van der Waals surface area contributed by atoms with Crippen LogP contribution in [-0.2, 0) is 18.3 Å². The minimum atomic E-state index is 0.321. The lowest BCUT2D eigenvalue weighted by Gasteiger charge is -2.31. The molecule has 2 aromatic rings. The third kappa shape index (κ3) is 2.98. The van der Waals surface area contributed by atoms with Gasteiger partial charge in [0.2, 0.25) is 0 Å². The summed E-state index contributed by atoms with van der Waals surface area (Å²) in [7, 11) is 1.87. The van der Waals surface area contributed by atoms with E-state index in [1.807, 2.05) is 14.0 Å². The summed E-state index contributed by atoms with van der Waals surface area (Å²) in [6, 6.07) is 0. The lowest BCUT2D eigenvalue weighted by atomic mass is 10.1. The highest BCUT2D eigenvalue weighted by Gasteiger charge is 2.21. The zero-order valence-corrected chi connectivity index (χ0v) is 12.6. The van der Waals surface area contributed by atoms with E-state index in [-0.39, 0.29) is 0 Å². The Morgan fingerprint density at radius 1 is 1.43 bits per heavy atom. The van der Waals surface area contributed by atoms with E-state index < -0.39 is 0 Å². The molecule has 0 spiro atoms. The highest BCUT2D eigenvalue weighted by molar-refractivity contribution is 5.84. The highest BCUT2D eigenvalue weighted by atomic mass is 16.5. The molecule has 114 valence electrons. The summed E-state index contributed by atoms with van der Waals surface area (Å²) in [6.07, 6.45) is 4.31. The van der Waals surface area contributed by atoms with Crippen LogP contribution in [0, 0.1) is 0 Å². The highest BCUT2D eigenvalue weighted by Crippen LogP contribution is 2.19. The number of nitrogens with zero attached hydrogens (tertiary/aromatic N) is 5. The maximum Gasteiger partial charge on any atom is 0.163 e. The van der Waals surface area contributed by atoms with E-state index in [1.54, 1.807) is 10.9 Å². The summed E-state index contributed by atoms with van der Waals surface area (Å²) in [5, 5.41) is 4.99. The minimum absolute atomic E-state index is 0.321. The SMILES string of the molecule is CCOC1CCCN(Cc2nc(N)c3cnn(C)c3n2)C1. The van der Waals surface area contributed by atoms with Crippen LogP contribution in [-0.4, -0.2) is 50.4 Å². The summed E-state index contributed by atoms with van der Waals surface area (Å²) in [5.74, 6) is 1.25. The second-order valence-electron chi connectivity index (χ2n) is 5.49. The van der Waals surface area contributed by atoms with E-state index in [0.29, 0.717) is 18.5 Å². The molecule has 0 aromatic carbocycles. The Labute approximate surface area is 124 Å². The number of nitrogens with two attached hydrogens (primary N) is 1. The maximum absolute atomic E-state index is 6.00. The quantitative estimate of drug-likeness (QED) is 0.902. The first-order chi connectivity index (χ1) is 10.2. The molecule has 21 heavy (non-hydrogen) atoms. The molecule has 1 fully saturated rings. The lowest BCUT2D eigenvalue weighted by molar-refractivity contribution is 0.00300. The normalized spacial score (nSPS) is 20.2. The summed E-state index contributed by atoms with van der Waals surface area (Å²) < 4.78 is 7.46. The Kier molecular flexibility index (Phi) is 4.03. The van der Waals surface area contributed by atoms with Crippen molar-refractivity contribution in [1.82, 2.24) is 24.6 Å². The van der Waals surface area contributed by atoms with Crippen LogP contribution >= 0.6 is 0 Å². The second kappa shape index (κ2) is 5.95. The summed E-state index contributed by atoms with van der Waals surface area (Å²) in [6.45, 7) is 5.49. The van der Waals surface area contributed by atoms with Gasteiger partial charge in [0.05, 0.1) is 24.2 Å². The summed E-state index contributed by atoms with van der Waals surface area (Å²) in [4.78, 5) is 11.3. The van der Waals surface area contributed by atoms with Crippen molar-refractivity contribution >= 4 is 16.9 Å². The molecule has 1 aliphatic heterocycles. The topological polar surface area (TPSA) is 82.1 Å². The number of fused-ring (bicyclic) bond motifs is 1. The predicted octanol–water partition coefficient (Wildman–Crippen LogP) is 0.946. The number of nitrogen functional groups attached to an aromatic ring is 1.